The molecular formula is C11H18N8O4S4. The fourth-order valence-electron chi connectivity index (χ4n) is 1.99. The fourth-order valence-corrected chi connectivity index (χ4v) is 6.40. The monoisotopic (exact) mass is 454 g/mol. The van der Waals surface area contributed by atoms with Gasteiger partial charge in [-0.15, -0.1) is 0 Å². The lowest BCUT2D eigenvalue weighted by atomic mass is 10.4. The van der Waals surface area contributed by atoms with Crippen LogP contribution >= 0.6 is 23.1 Å². The van der Waals surface area contributed by atoms with Crippen LogP contribution in [-0.2, 0) is 25.8 Å². The van der Waals surface area contributed by atoms with Gasteiger partial charge in [-0.1, -0.05) is 11.3 Å². The minimum atomic E-state index is -4.49. The number of aryl methyl sites for hydroxylation is 1. The minimum Gasteiger partial charge on any atom is -0.394 e. The number of hydrogen-bond acceptors (Lipinski definition) is 10. The van der Waals surface area contributed by atoms with Gasteiger partial charge in [-0.3, -0.25) is 9.71 Å². The molecule has 0 radical (unpaired) electrons. The molecule has 2 rings (SSSR count). The van der Waals surface area contributed by atoms with Gasteiger partial charge < -0.3 is 17.2 Å². The highest BCUT2D eigenvalue weighted by Gasteiger charge is 2.39. The Morgan fingerprint density at radius 1 is 1.37 bits per heavy atom. The maximum Gasteiger partial charge on any atom is 0.277 e. The van der Waals surface area contributed by atoms with Crippen LogP contribution in [0.25, 0.3) is 0 Å². The van der Waals surface area contributed by atoms with E-state index in [1.807, 2.05) is 11.6 Å². The van der Waals surface area contributed by atoms with Gasteiger partial charge in [0.1, 0.15) is 5.70 Å². The first kappa shape index (κ1) is 21.4. The lowest BCUT2D eigenvalue weighted by molar-refractivity contribution is 0.595. The normalized spacial score (nSPS) is 17.9. The Kier molecular flexibility index (Phi) is 6.35. The molecule has 150 valence electrons. The van der Waals surface area contributed by atoms with Crippen molar-refractivity contribution in [1.82, 2.24) is 9.71 Å². The summed E-state index contributed by atoms with van der Waals surface area (Å²) >= 11 is 2.85. The van der Waals surface area contributed by atoms with E-state index in [1.165, 1.54) is 23.1 Å². The summed E-state index contributed by atoms with van der Waals surface area (Å²) in [5.74, 6) is 0.784. The van der Waals surface area contributed by atoms with E-state index in [2.05, 4.69) is 15.0 Å². The summed E-state index contributed by atoms with van der Waals surface area (Å²) in [5.41, 5.74) is 16.5. The number of guanidine groups is 1. The quantitative estimate of drug-likeness (QED) is 0.180. The molecule has 0 bridgehead atoms. The predicted molar refractivity (Wildman–Crippen MR) is 107 cm³/mol. The third-order valence-corrected chi connectivity index (χ3v) is 8.18. The molecule has 27 heavy (non-hydrogen) atoms. The molecule has 0 atom stereocenters. The largest absolute Gasteiger partial charge is 0.394 e. The Labute approximate surface area is 164 Å². The summed E-state index contributed by atoms with van der Waals surface area (Å²) < 4.78 is 47.2. The van der Waals surface area contributed by atoms with Gasteiger partial charge in [0.2, 0.25) is 9.37 Å². The summed E-state index contributed by atoms with van der Waals surface area (Å²) in [6.45, 7) is 2.10. The molecule has 1 aliphatic rings. The van der Waals surface area contributed by atoms with Gasteiger partial charge >= 0.3 is 0 Å². The standard InChI is InChI=1S/C11H18N8O4S4/c1-5-6(17-11(25-5)18-10(13)14)4-24-3-2-16-8-7(12)9(26(15,20)21)27(22,23)19-8/h2-4,12H2,1H3,(H,16,19)(H2,15,20,21)(H4,13,14,17,18). The minimum absolute atomic E-state index is 0.0673. The van der Waals surface area contributed by atoms with E-state index >= 15 is 0 Å². The molecule has 1 aromatic heterocycles. The van der Waals surface area contributed by atoms with Crippen LogP contribution in [0.15, 0.2) is 19.9 Å². The van der Waals surface area contributed by atoms with Crippen molar-refractivity contribution >= 4 is 60.1 Å². The van der Waals surface area contributed by atoms with E-state index in [0.717, 1.165) is 10.6 Å². The molecule has 2 heterocycles. The van der Waals surface area contributed by atoms with Crippen molar-refractivity contribution in [2.75, 3.05) is 12.3 Å². The van der Waals surface area contributed by atoms with Gasteiger partial charge in [0.25, 0.3) is 20.0 Å². The van der Waals surface area contributed by atoms with Gasteiger partial charge in [0.05, 0.1) is 12.2 Å². The highest BCUT2D eigenvalue weighted by Crippen LogP contribution is 2.27. The molecule has 1 aliphatic heterocycles. The number of rotatable bonds is 7. The number of nitrogens with two attached hydrogens (primary N) is 4. The number of thioether (sulfide) groups is 1. The second-order valence-corrected chi connectivity index (χ2v) is 10.8. The Morgan fingerprint density at radius 3 is 2.59 bits per heavy atom. The van der Waals surface area contributed by atoms with Crippen LogP contribution in [0.1, 0.15) is 10.6 Å². The number of primary sulfonamides is 1. The lowest BCUT2D eigenvalue weighted by Crippen LogP contribution is -2.27. The molecule has 16 heteroatoms. The topological polar surface area (TPSA) is 222 Å². The maximum atomic E-state index is 11.8. The Balaban J connectivity index is 1.97. The molecule has 0 aromatic carbocycles. The van der Waals surface area contributed by atoms with Gasteiger partial charge in [0, 0.05) is 16.4 Å². The average molecular weight is 455 g/mol. The smallest absolute Gasteiger partial charge is 0.277 e. The van der Waals surface area contributed by atoms with Crippen molar-refractivity contribution in [3.8, 4) is 0 Å². The number of amidine groups is 1. The number of nitrogens with zero attached hydrogens (tertiary/aromatic N) is 3. The maximum absolute atomic E-state index is 11.8. The van der Waals surface area contributed by atoms with Gasteiger partial charge in [-0.2, -0.15) is 16.8 Å². The van der Waals surface area contributed by atoms with Crippen LogP contribution in [0, 0.1) is 6.92 Å². The molecule has 1 aromatic rings. The van der Waals surface area contributed by atoms with Gasteiger partial charge in [-0.05, 0) is 6.92 Å². The van der Waals surface area contributed by atoms with E-state index in [-0.39, 0.29) is 18.3 Å². The second kappa shape index (κ2) is 8.01. The average Bonchev–Trinajstić information content (AvgIpc) is 2.93. The lowest BCUT2D eigenvalue weighted by Gasteiger charge is -2.00. The number of hydrogen-bond donors (Lipinski definition) is 5. The molecule has 0 saturated heterocycles. The summed E-state index contributed by atoms with van der Waals surface area (Å²) in [7, 11) is -8.82. The SMILES string of the molecule is Cc1sc(N=C(N)N)nc1CSCCN=C1NS(=O)(=O)C(S(N)(=O)=O)=C1N. The number of sulfonamides is 2. The van der Waals surface area contributed by atoms with E-state index in [9.17, 15) is 16.8 Å². The fraction of sp³-hybridized carbons (Fsp3) is 0.364. The number of aromatic nitrogens is 1. The number of aliphatic imine (C=N–C) groups is 2. The van der Waals surface area contributed by atoms with E-state index in [0.29, 0.717) is 16.6 Å². The first-order valence-electron chi connectivity index (χ1n) is 7.15. The van der Waals surface area contributed by atoms with Crippen molar-refractivity contribution in [3.63, 3.8) is 0 Å². The van der Waals surface area contributed by atoms with E-state index in [1.54, 1.807) is 0 Å². The molecule has 0 saturated carbocycles. The second-order valence-electron chi connectivity index (χ2n) is 5.17. The molecule has 9 N–H and O–H groups in total. The van der Waals surface area contributed by atoms with E-state index < -0.39 is 30.0 Å². The van der Waals surface area contributed by atoms with Crippen molar-refractivity contribution in [1.29, 1.82) is 0 Å². The summed E-state index contributed by atoms with van der Waals surface area (Å²) in [5, 5.41) is 5.35. The van der Waals surface area contributed by atoms with Gasteiger partial charge in [-0.25, -0.2) is 27.0 Å². The van der Waals surface area contributed by atoms with Crippen LogP contribution in [0.3, 0.4) is 0 Å². The van der Waals surface area contributed by atoms with Gasteiger partial charge in [0.15, 0.2) is 11.8 Å². The molecule has 0 aliphatic carbocycles. The highest BCUT2D eigenvalue weighted by molar-refractivity contribution is 8.13. The summed E-state index contributed by atoms with van der Waals surface area (Å²) in [4.78, 5) is 13.2. The van der Waals surface area contributed by atoms with E-state index in [4.69, 9.17) is 22.3 Å². The zero-order chi connectivity index (χ0) is 20.4. The van der Waals surface area contributed by atoms with Crippen molar-refractivity contribution < 1.29 is 16.8 Å². The summed E-state index contributed by atoms with van der Waals surface area (Å²) in [6.07, 6.45) is 0. The van der Waals surface area contributed by atoms with Crippen molar-refractivity contribution in [2.45, 2.75) is 12.7 Å². The van der Waals surface area contributed by atoms with Crippen LogP contribution in [0.2, 0.25) is 0 Å². The first-order chi connectivity index (χ1) is 12.4. The van der Waals surface area contributed by atoms with Crippen LogP contribution < -0.4 is 27.1 Å². The summed E-state index contributed by atoms with van der Waals surface area (Å²) in [6, 6.07) is 0. The zero-order valence-corrected chi connectivity index (χ0v) is 17.3. The number of thiazole rings is 1. The number of nitrogens with one attached hydrogen (secondary N) is 1. The van der Waals surface area contributed by atoms with Crippen LogP contribution in [0.5, 0.6) is 0 Å². The Bertz CT molecular complexity index is 1030. The Morgan fingerprint density at radius 2 is 2.04 bits per heavy atom. The Hall–Kier alpha value is -1.88. The predicted octanol–water partition coefficient (Wildman–Crippen LogP) is -1.66. The molecule has 0 fully saturated rings. The van der Waals surface area contributed by atoms with Crippen molar-refractivity contribution in [2.24, 2.45) is 32.3 Å². The third-order valence-electron chi connectivity index (χ3n) is 3.06. The van der Waals surface area contributed by atoms with Crippen LogP contribution in [-0.4, -0.2) is 45.9 Å². The molecule has 0 amide bonds. The molecular weight excluding hydrogens is 436 g/mol. The molecule has 0 unspecified atom stereocenters. The zero-order valence-electron chi connectivity index (χ0n) is 14.0. The third kappa shape index (κ3) is 5.32. The highest BCUT2D eigenvalue weighted by atomic mass is 32.3. The first-order valence-corrected chi connectivity index (χ1v) is 12.2. The van der Waals surface area contributed by atoms with Crippen LogP contribution in [0.4, 0.5) is 5.13 Å². The molecule has 12 nitrogen and oxygen atoms in total. The van der Waals surface area contributed by atoms with Crippen molar-refractivity contribution in [3.05, 3.63) is 20.5 Å². The molecule has 0 spiro atoms.